The first-order valence-electron chi connectivity index (χ1n) is 6.94. The molecule has 2 N–H and O–H groups in total. The van der Waals surface area contributed by atoms with E-state index in [1.54, 1.807) is 0 Å². The summed E-state index contributed by atoms with van der Waals surface area (Å²) in [6, 6.07) is 10.8. The lowest BCUT2D eigenvalue weighted by Crippen LogP contribution is -2.53. The molecule has 3 nitrogen and oxygen atoms in total. The largest absolute Gasteiger partial charge is 0.396 e. The fraction of sp³-hybridized carbons (Fsp3) is 0.625. The van der Waals surface area contributed by atoms with Crippen LogP contribution in [0.1, 0.15) is 32.4 Å². The number of hydrogen-bond donors (Lipinski definition) is 2. The Bertz CT molecular complexity index is 387. The Morgan fingerprint density at radius 1 is 1.26 bits per heavy atom. The highest BCUT2D eigenvalue weighted by atomic mass is 16.5. The molecule has 0 saturated carbocycles. The van der Waals surface area contributed by atoms with E-state index in [9.17, 15) is 5.11 Å². The van der Waals surface area contributed by atoms with Crippen molar-refractivity contribution >= 4 is 0 Å². The molecule has 19 heavy (non-hydrogen) atoms. The van der Waals surface area contributed by atoms with Crippen LogP contribution in [0.3, 0.4) is 0 Å². The number of ether oxygens (including phenoxy) is 1. The van der Waals surface area contributed by atoms with E-state index in [0.717, 1.165) is 6.54 Å². The molecule has 1 aliphatic rings. The van der Waals surface area contributed by atoms with Crippen molar-refractivity contribution in [3.05, 3.63) is 35.9 Å². The standard InChI is InChI=1S/C16H25NO2/c1-15(2,3)14(13-7-5-4-6-8-13)17-9-16(10-18)11-19-12-16/h4-8,14,17-18H,9-12H2,1-3H3. The lowest BCUT2D eigenvalue weighted by molar-refractivity contribution is -0.136. The molecular weight excluding hydrogens is 238 g/mol. The molecule has 0 spiro atoms. The Morgan fingerprint density at radius 2 is 1.89 bits per heavy atom. The van der Waals surface area contributed by atoms with Gasteiger partial charge in [0, 0.05) is 12.6 Å². The lowest BCUT2D eigenvalue weighted by Gasteiger charge is -2.42. The van der Waals surface area contributed by atoms with E-state index in [1.165, 1.54) is 5.56 Å². The van der Waals surface area contributed by atoms with Crippen molar-refractivity contribution in [2.24, 2.45) is 10.8 Å². The number of aliphatic hydroxyl groups excluding tert-OH is 1. The second-order valence-corrected chi connectivity index (χ2v) is 6.74. The van der Waals surface area contributed by atoms with Crippen LogP contribution in [0.25, 0.3) is 0 Å². The fourth-order valence-corrected chi connectivity index (χ4v) is 2.53. The molecule has 1 fully saturated rings. The minimum Gasteiger partial charge on any atom is -0.396 e. The van der Waals surface area contributed by atoms with Crippen molar-refractivity contribution in [1.82, 2.24) is 5.32 Å². The molecular formula is C16H25NO2. The average Bonchev–Trinajstić information content (AvgIpc) is 2.32. The SMILES string of the molecule is CC(C)(C)C(NCC1(CO)COC1)c1ccccc1. The van der Waals surface area contributed by atoms with Gasteiger partial charge in [0.1, 0.15) is 0 Å². The maximum Gasteiger partial charge on any atom is 0.0579 e. The van der Waals surface area contributed by atoms with Gasteiger partial charge >= 0.3 is 0 Å². The number of nitrogens with one attached hydrogen (secondary N) is 1. The Labute approximate surface area is 116 Å². The first kappa shape index (κ1) is 14.5. The van der Waals surface area contributed by atoms with Crippen molar-refractivity contribution in [3.63, 3.8) is 0 Å². The summed E-state index contributed by atoms with van der Waals surface area (Å²) in [6.45, 7) is 9.00. The molecule has 0 aromatic heterocycles. The van der Waals surface area contributed by atoms with Crippen LogP contribution in [-0.2, 0) is 4.74 Å². The smallest absolute Gasteiger partial charge is 0.0579 e. The molecule has 1 aromatic carbocycles. The van der Waals surface area contributed by atoms with E-state index in [4.69, 9.17) is 4.74 Å². The van der Waals surface area contributed by atoms with Crippen LogP contribution in [0.5, 0.6) is 0 Å². The Hall–Kier alpha value is -0.900. The third-order valence-corrected chi connectivity index (χ3v) is 3.83. The minimum atomic E-state index is -0.0850. The van der Waals surface area contributed by atoms with Gasteiger partial charge < -0.3 is 15.2 Å². The highest BCUT2D eigenvalue weighted by Gasteiger charge is 2.39. The molecule has 106 valence electrons. The Morgan fingerprint density at radius 3 is 2.32 bits per heavy atom. The average molecular weight is 263 g/mol. The van der Waals surface area contributed by atoms with E-state index in [0.29, 0.717) is 13.2 Å². The van der Waals surface area contributed by atoms with Gasteiger partial charge in [0.2, 0.25) is 0 Å². The minimum absolute atomic E-state index is 0.0850. The molecule has 1 aromatic rings. The predicted molar refractivity (Wildman–Crippen MR) is 77.0 cm³/mol. The first-order chi connectivity index (χ1) is 8.97. The molecule has 1 unspecified atom stereocenters. The van der Waals surface area contributed by atoms with Crippen molar-refractivity contribution in [3.8, 4) is 0 Å². The third kappa shape index (κ3) is 3.35. The van der Waals surface area contributed by atoms with Crippen LogP contribution in [0, 0.1) is 10.8 Å². The summed E-state index contributed by atoms with van der Waals surface area (Å²) in [5, 5.41) is 13.1. The number of hydrogen-bond acceptors (Lipinski definition) is 3. The monoisotopic (exact) mass is 263 g/mol. The maximum atomic E-state index is 9.50. The molecule has 0 radical (unpaired) electrons. The molecule has 0 bridgehead atoms. The van der Waals surface area contributed by atoms with E-state index in [2.05, 4.69) is 50.4 Å². The lowest BCUT2D eigenvalue weighted by atomic mass is 9.80. The van der Waals surface area contributed by atoms with Gasteiger partial charge in [-0.15, -0.1) is 0 Å². The summed E-state index contributed by atoms with van der Waals surface area (Å²) < 4.78 is 5.25. The van der Waals surface area contributed by atoms with Gasteiger partial charge in [-0.05, 0) is 11.0 Å². The highest BCUT2D eigenvalue weighted by molar-refractivity contribution is 5.21. The summed E-state index contributed by atoms with van der Waals surface area (Å²) in [4.78, 5) is 0. The van der Waals surface area contributed by atoms with Crippen molar-refractivity contribution < 1.29 is 9.84 Å². The van der Waals surface area contributed by atoms with Gasteiger partial charge in [0.15, 0.2) is 0 Å². The van der Waals surface area contributed by atoms with Crippen LogP contribution in [-0.4, -0.2) is 31.5 Å². The topological polar surface area (TPSA) is 41.5 Å². The fourth-order valence-electron chi connectivity index (χ4n) is 2.53. The van der Waals surface area contributed by atoms with E-state index in [1.807, 2.05) is 6.07 Å². The van der Waals surface area contributed by atoms with E-state index >= 15 is 0 Å². The van der Waals surface area contributed by atoms with Crippen LogP contribution < -0.4 is 5.32 Å². The summed E-state index contributed by atoms with van der Waals surface area (Å²) in [5.74, 6) is 0. The predicted octanol–water partition coefficient (Wildman–Crippen LogP) is 2.37. The highest BCUT2D eigenvalue weighted by Crippen LogP contribution is 2.34. The van der Waals surface area contributed by atoms with Gasteiger partial charge in [-0.25, -0.2) is 0 Å². The van der Waals surface area contributed by atoms with Crippen LogP contribution >= 0.6 is 0 Å². The zero-order valence-corrected chi connectivity index (χ0v) is 12.1. The zero-order valence-electron chi connectivity index (χ0n) is 12.1. The van der Waals surface area contributed by atoms with Gasteiger partial charge in [-0.1, -0.05) is 51.1 Å². The molecule has 3 heteroatoms. The second kappa shape index (κ2) is 5.61. The molecule has 1 atom stereocenters. The molecule has 1 heterocycles. The Balaban J connectivity index is 2.07. The first-order valence-corrected chi connectivity index (χ1v) is 6.94. The van der Waals surface area contributed by atoms with Gasteiger partial charge in [0.25, 0.3) is 0 Å². The van der Waals surface area contributed by atoms with Crippen molar-refractivity contribution in [2.75, 3.05) is 26.4 Å². The third-order valence-electron chi connectivity index (χ3n) is 3.83. The maximum absolute atomic E-state index is 9.50. The van der Waals surface area contributed by atoms with Gasteiger partial charge in [-0.3, -0.25) is 0 Å². The van der Waals surface area contributed by atoms with Crippen molar-refractivity contribution in [1.29, 1.82) is 0 Å². The summed E-state index contributed by atoms with van der Waals surface area (Å²) in [7, 11) is 0. The summed E-state index contributed by atoms with van der Waals surface area (Å²) in [5.41, 5.74) is 1.34. The van der Waals surface area contributed by atoms with Crippen LogP contribution in [0.15, 0.2) is 30.3 Å². The molecule has 0 aliphatic carbocycles. The van der Waals surface area contributed by atoms with Gasteiger partial charge in [-0.2, -0.15) is 0 Å². The van der Waals surface area contributed by atoms with E-state index < -0.39 is 0 Å². The van der Waals surface area contributed by atoms with Gasteiger partial charge in [0.05, 0.1) is 25.2 Å². The van der Waals surface area contributed by atoms with Crippen LogP contribution in [0.2, 0.25) is 0 Å². The molecule has 1 saturated heterocycles. The normalized spacial score (nSPS) is 19.8. The quantitative estimate of drug-likeness (QED) is 0.857. The van der Waals surface area contributed by atoms with E-state index in [-0.39, 0.29) is 23.5 Å². The number of benzene rings is 1. The molecule has 2 rings (SSSR count). The number of rotatable bonds is 5. The molecule has 0 amide bonds. The Kier molecular flexibility index (Phi) is 4.29. The molecule has 1 aliphatic heterocycles. The summed E-state index contributed by atoms with van der Waals surface area (Å²) >= 11 is 0. The van der Waals surface area contributed by atoms with Crippen molar-refractivity contribution in [2.45, 2.75) is 26.8 Å². The summed E-state index contributed by atoms with van der Waals surface area (Å²) in [6.07, 6.45) is 0. The van der Waals surface area contributed by atoms with Crippen LogP contribution in [0.4, 0.5) is 0 Å². The second-order valence-electron chi connectivity index (χ2n) is 6.74. The number of aliphatic hydroxyl groups is 1. The zero-order chi connectivity index (χ0) is 13.9.